The van der Waals surface area contributed by atoms with Crippen molar-refractivity contribution in [3.05, 3.63) is 491 Å². The maximum Gasteiger partial charge on any atom is 0.0727 e. The van der Waals surface area contributed by atoms with Gasteiger partial charge in [-0.1, -0.05) is 314 Å². The maximum atomic E-state index is 2.61. The van der Waals surface area contributed by atoms with Crippen molar-refractivity contribution >= 4 is 111 Å². The molecular weight excluding hydrogens is 1470 g/mol. The van der Waals surface area contributed by atoms with Crippen LogP contribution in [0.1, 0.15) is 66.8 Å². The van der Waals surface area contributed by atoms with Gasteiger partial charge in [-0.15, -0.1) is 0 Å². The molecule has 20 aromatic rings. The second-order valence-corrected chi connectivity index (χ2v) is 33.6. The average molecular weight is 1560 g/mol. The predicted octanol–water partition coefficient (Wildman–Crippen LogP) is 31.8. The number of fused-ring (bicyclic) bond motifs is 28. The monoisotopic (exact) mass is 1550 g/mol. The zero-order valence-electron chi connectivity index (χ0n) is 68.2. The van der Waals surface area contributed by atoms with Gasteiger partial charge in [0, 0.05) is 67.0 Å². The van der Waals surface area contributed by atoms with Crippen molar-refractivity contribution < 1.29 is 0 Å². The number of anilines is 12. The van der Waals surface area contributed by atoms with E-state index in [-0.39, 0.29) is 0 Å². The number of rotatable bonds is 13. The van der Waals surface area contributed by atoms with E-state index in [1.807, 2.05) is 0 Å². The first-order chi connectivity index (χ1) is 60.2. The first-order valence-corrected chi connectivity index (χ1v) is 42.6. The Morgan fingerprint density at radius 3 is 0.689 bits per heavy atom. The van der Waals surface area contributed by atoms with Gasteiger partial charge in [0.25, 0.3) is 0 Å². The largest absolute Gasteiger partial charge is 0.310 e. The van der Waals surface area contributed by atoms with Gasteiger partial charge in [-0.05, 0) is 282 Å². The van der Waals surface area contributed by atoms with Crippen LogP contribution in [-0.4, -0.2) is 0 Å². The smallest absolute Gasteiger partial charge is 0.0727 e. The lowest BCUT2D eigenvalue weighted by Crippen LogP contribution is -2.26. The van der Waals surface area contributed by atoms with Crippen LogP contribution in [0.3, 0.4) is 0 Å². The SMILES string of the molecule is Cc1ccc(N(c2ccccc2)c2cc3c(c4ccccc24)-c2c(cc(N(c4ccc(C)cc4)c4cccc(-c5cccc(N(c6cccc(C)c6)c6cc7c(c8ccccc68)-c6c(cc(N(c8ccccc8)c8cccc(C)c8)c8ccccc68)C76c7ccccc7-c7ccccc76)c5)c4)c4ccccc24)C32c3ccccc3-c3ccccc32)cc1. The molecule has 0 fully saturated rings. The summed E-state index contributed by atoms with van der Waals surface area (Å²) in [5.41, 5.74) is 38.9. The van der Waals surface area contributed by atoms with Crippen molar-refractivity contribution in [2.45, 2.75) is 38.5 Å². The van der Waals surface area contributed by atoms with Gasteiger partial charge in [-0.25, -0.2) is 0 Å². The summed E-state index contributed by atoms with van der Waals surface area (Å²) in [5.74, 6) is 0. The van der Waals surface area contributed by atoms with Gasteiger partial charge < -0.3 is 19.6 Å². The number of nitrogens with zero attached hydrogens (tertiary/aromatic N) is 4. The van der Waals surface area contributed by atoms with E-state index in [0.717, 1.165) is 90.1 Å². The molecule has 0 N–H and O–H groups in total. The fourth-order valence-corrected chi connectivity index (χ4v) is 21.8. The molecule has 4 nitrogen and oxygen atoms in total. The molecule has 574 valence electrons. The third kappa shape index (κ3) is 10.4. The van der Waals surface area contributed by atoms with Crippen LogP contribution in [0, 0.1) is 27.7 Å². The zero-order valence-corrected chi connectivity index (χ0v) is 68.2. The molecule has 0 amide bonds. The first kappa shape index (κ1) is 70.8. The Bertz CT molecular complexity index is 7620. The summed E-state index contributed by atoms with van der Waals surface area (Å²) in [6, 6.07) is 161. The molecule has 2 spiro atoms. The number of hydrogen-bond acceptors (Lipinski definition) is 4. The van der Waals surface area contributed by atoms with Gasteiger partial charge in [-0.2, -0.15) is 0 Å². The minimum absolute atomic E-state index is 0.750. The molecular formula is C118H82N4. The van der Waals surface area contributed by atoms with Crippen molar-refractivity contribution in [2.75, 3.05) is 19.6 Å². The van der Waals surface area contributed by atoms with Crippen molar-refractivity contribution in [3.8, 4) is 55.6 Å². The lowest BCUT2D eigenvalue weighted by atomic mass is 9.70. The minimum Gasteiger partial charge on any atom is -0.310 e. The van der Waals surface area contributed by atoms with Crippen LogP contribution in [0.4, 0.5) is 68.2 Å². The summed E-state index contributed by atoms with van der Waals surface area (Å²) in [5, 5.41) is 9.54. The summed E-state index contributed by atoms with van der Waals surface area (Å²) < 4.78 is 0. The molecule has 24 rings (SSSR count). The number of aryl methyl sites for hydroxylation is 4. The molecule has 0 aliphatic heterocycles. The van der Waals surface area contributed by atoms with Gasteiger partial charge in [0.05, 0.1) is 33.6 Å². The highest BCUT2D eigenvalue weighted by atomic mass is 15.2. The third-order valence-corrected chi connectivity index (χ3v) is 26.8. The molecule has 122 heavy (non-hydrogen) atoms. The van der Waals surface area contributed by atoms with Gasteiger partial charge in [0.15, 0.2) is 0 Å². The Kier molecular flexibility index (Phi) is 16.0. The molecule has 0 atom stereocenters. The van der Waals surface area contributed by atoms with Gasteiger partial charge in [0.1, 0.15) is 0 Å². The van der Waals surface area contributed by atoms with Crippen LogP contribution in [0.15, 0.2) is 425 Å². The van der Waals surface area contributed by atoms with E-state index in [1.165, 1.54) is 144 Å². The molecule has 4 aliphatic carbocycles. The highest BCUT2D eigenvalue weighted by molar-refractivity contribution is 6.22. The van der Waals surface area contributed by atoms with E-state index in [4.69, 9.17) is 0 Å². The topological polar surface area (TPSA) is 13.0 Å². The first-order valence-electron chi connectivity index (χ1n) is 42.6. The van der Waals surface area contributed by atoms with Crippen molar-refractivity contribution in [2.24, 2.45) is 0 Å². The minimum atomic E-state index is -0.751. The molecule has 4 heteroatoms. The molecule has 0 aromatic heterocycles. The summed E-state index contributed by atoms with van der Waals surface area (Å²) in [6.45, 7) is 8.79. The average Bonchev–Trinajstić information content (AvgIpc) is 1.50. The maximum absolute atomic E-state index is 2.61. The van der Waals surface area contributed by atoms with Gasteiger partial charge in [0.2, 0.25) is 0 Å². The second-order valence-electron chi connectivity index (χ2n) is 33.6. The summed E-state index contributed by atoms with van der Waals surface area (Å²) >= 11 is 0. The lowest BCUT2D eigenvalue weighted by molar-refractivity contribution is 0.795. The Hall–Kier alpha value is -15.4. The van der Waals surface area contributed by atoms with Crippen molar-refractivity contribution in [1.82, 2.24) is 0 Å². The van der Waals surface area contributed by atoms with E-state index in [2.05, 4.69) is 472 Å². The molecule has 0 bridgehead atoms. The van der Waals surface area contributed by atoms with Crippen LogP contribution in [0.5, 0.6) is 0 Å². The summed E-state index contributed by atoms with van der Waals surface area (Å²) in [7, 11) is 0. The van der Waals surface area contributed by atoms with E-state index >= 15 is 0 Å². The lowest BCUT2D eigenvalue weighted by Gasteiger charge is -2.34. The molecule has 0 saturated carbocycles. The highest BCUT2D eigenvalue weighted by Gasteiger charge is 2.56. The van der Waals surface area contributed by atoms with Crippen LogP contribution in [0.2, 0.25) is 0 Å². The van der Waals surface area contributed by atoms with Crippen LogP contribution >= 0.6 is 0 Å². The summed E-state index contributed by atoms with van der Waals surface area (Å²) in [4.78, 5) is 10.1. The fraction of sp³-hybridized carbons (Fsp3) is 0.0508. The number of benzene rings is 20. The van der Waals surface area contributed by atoms with Crippen LogP contribution in [-0.2, 0) is 10.8 Å². The van der Waals surface area contributed by atoms with Crippen LogP contribution < -0.4 is 19.6 Å². The summed E-state index contributed by atoms with van der Waals surface area (Å²) in [6.07, 6.45) is 0. The van der Waals surface area contributed by atoms with E-state index in [1.54, 1.807) is 0 Å². The van der Waals surface area contributed by atoms with Gasteiger partial charge >= 0.3 is 0 Å². The zero-order chi connectivity index (χ0) is 81.1. The predicted molar refractivity (Wildman–Crippen MR) is 512 cm³/mol. The Balaban J connectivity index is 0.716. The molecule has 0 saturated heterocycles. The molecule has 20 aromatic carbocycles. The molecule has 4 aliphatic rings. The van der Waals surface area contributed by atoms with Crippen LogP contribution in [0.25, 0.3) is 98.7 Å². The number of para-hydroxylation sites is 2. The Labute approximate surface area is 711 Å². The normalized spacial score (nSPS) is 13.0. The fourth-order valence-electron chi connectivity index (χ4n) is 21.8. The third-order valence-electron chi connectivity index (χ3n) is 26.8. The van der Waals surface area contributed by atoms with Crippen molar-refractivity contribution in [3.63, 3.8) is 0 Å². The Morgan fingerprint density at radius 2 is 0.385 bits per heavy atom. The quantitative estimate of drug-likeness (QED) is 0.114. The standard InChI is InChI=1S/C118H82N4/c1-75-59-63-83(64-60-75)119(81-35-7-5-8-36-81)109-71-105-113(97-51-15-11-47-93(97)109)115-99-53-17-13-49-95(99)111(73-107(115)117(105)101-55-23-19-43-89(101)90-44-20-24-56-102(90)117)121(84-65-61-76(2)62-66-84)87-41-29-33-79(69-87)80-34-30-42-88(70-80)122(86-40-28-32-78(4)68-86)112-74-108-116(100-54-18-14-50-96(100)112)114-98-52-16-12-48-94(98)110(120(82-37-9-6-10-38-82)85-39-27-31-77(3)67-85)72-106(114)118(108)103-57-25-21-45-91(103)92-46-22-26-58-104(92)118/h5-74H,1-4H3. The second kappa shape index (κ2) is 27.6. The molecule has 0 heterocycles. The molecule has 0 radical (unpaired) electrons. The van der Waals surface area contributed by atoms with E-state index in [0.29, 0.717) is 0 Å². The van der Waals surface area contributed by atoms with E-state index in [9.17, 15) is 0 Å². The Morgan fingerprint density at radius 1 is 0.156 bits per heavy atom. The van der Waals surface area contributed by atoms with Crippen molar-refractivity contribution in [1.29, 1.82) is 0 Å². The number of hydrogen-bond donors (Lipinski definition) is 0. The highest BCUT2D eigenvalue weighted by Crippen LogP contribution is 2.70. The van der Waals surface area contributed by atoms with Gasteiger partial charge in [-0.3, -0.25) is 0 Å². The van der Waals surface area contributed by atoms with E-state index < -0.39 is 10.8 Å². The molecule has 0 unspecified atom stereocenters.